The highest BCUT2D eigenvalue weighted by atomic mass is 79.9. The van der Waals surface area contributed by atoms with Gasteiger partial charge in [-0.05, 0) is 64.3 Å². The predicted octanol–water partition coefficient (Wildman–Crippen LogP) is 5.24. The third kappa shape index (κ3) is 4.14. The molecule has 0 amide bonds. The number of rotatable bonds is 5. The molecule has 2 aromatic carbocycles. The Morgan fingerprint density at radius 1 is 1.10 bits per heavy atom. The van der Waals surface area contributed by atoms with Crippen LogP contribution in [0.25, 0.3) is 0 Å². The van der Waals surface area contributed by atoms with E-state index >= 15 is 0 Å². The number of halogens is 3. The quantitative estimate of drug-likeness (QED) is 0.723. The molecule has 0 saturated heterocycles. The van der Waals surface area contributed by atoms with Crippen molar-refractivity contribution in [3.05, 3.63) is 68.4 Å². The van der Waals surface area contributed by atoms with E-state index in [1.165, 1.54) is 5.56 Å². The molecular formula is C16H16Br2FN. The molecule has 1 nitrogen and oxygen atoms in total. The van der Waals surface area contributed by atoms with Gasteiger partial charge in [0.1, 0.15) is 5.82 Å². The van der Waals surface area contributed by atoms with Gasteiger partial charge in [-0.15, -0.1) is 0 Å². The zero-order valence-corrected chi connectivity index (χ0v) is 14.3. The molecule has 106 valence electrons. The van der Waals surface area contributed by atoms with Gasteiger partial charge in [-0.2, -0.15) is 0 Å². The molecule has 2 aromatic rings. The molecule has 0 saturated carbocycles. The van der Waals surface area contributed by atoms with Crippen molar-refractivity contribution < 1.29 is 4.39 Å². The summed E-state index contributed by atoms with van der Waals surface area (Å²) in [5.41, 5.74) is 2.19. The van der Waals surface area contributed by atoms with Crippen molar-refractivity contribution in [3.8, 4) is 0 Å². The van der Waals surface area contributed by atoms with Crippen LogP contribution in [-0.4, -0.2) is 6.54 Å². The summed E-state index contributed by atoms with van der Waals surface area (Å²) in [5.74, 6) is -0.221. The number of likely N-dealkylation sites (N-methyl/N-ethyl adjacent to an activating group) is 1. The van der Waals surface area contributed by atoms with Crippen LogP contribution in [0.4, 0.5) is 4.39 Å². The summed E-state index contributed by atoms with van der Waals surface area (Å²) in [6.45, 7) is 2.91. The minimum Gasteiger partial charge on any atom is -0.310 e. The number of hydrogen-bond acceptors (Lipinski definition) is 1. The molecule has 4 heteroatoms. The second-order valence-electron chi connectivity index (χ2n) is 4.61. The highest BCUT2D eigenvalue weighted by Gasteiger charge is 2.13. The fourth-order valence-corrected chi connectivity index (χ4v) is 2.65. The van der Waals surface area contributed by atoms with E-state index in [1.807, 2.05) is 18.2 Å². The Morgan fingerprint density at radius 3 is 2.40 bits per heavy atom. The van der Waals surface area contributed by atoms with Crippen molar-refractivity contribution in [1.82, 2.24) is 5.32 Å². The Kier molecular flexibility index (Phi) is 5.75. The summed E-state index contributed by atoms with van der Waals surface area (Å²) in [6.07, 6.45) is 0.836. The van der Waals surface area contributed by atoms with Gasteiger partial charge < -0.3 is 5.32 Å². The maximum atomic E-state index is 13.7. The second kappa shape index (κ2) is 7.34. The molecule has 0 aromatic heterocycles. The van der Waals surface area contributed by atoms with Crippen molar-refractivity contribution in [1.29, 1.82) is 0 Å². The first kappa shape index (κ1) is 15.7. The third-order valence-electron chi connectivity index (χ3n) is 3.15. The summed E-state index contributed by atoms with van der Waals surface area (Å²) in [7, 11) is 0. The van der Waals surface area contributed by atoms with E-state index in [9.17, 15) is 4.39 Å². The average Bonchev–Trinajstić information content (AvgIpc) is 2.44. The van der Waals surface area contributed by atoms with Crippen LogP contribution in [0, 0.1) is 5.82 Å². The molecule has 0 bridgehead atoms. The van der Waals surface area contributed by atoms with E-state index < -0.39 is 0 Å². The van der Waals surface area contributed by atoms with Crippen LogP contribution < -0.4 is 5.32 Å². The molecule has 0 aliphatic carbocycles. The van der Waals surface area contributed by atoms with Crippen molar-refractivity contribution in [2.75, 3.05) is 6.54 Å². The maximum absolute atomic E-state index is 13.7. The highest BCUT2D eigenvalue weighted by Crippen LogP contribution is 2.24. The summed E-state index contributed by atoms with van der Waals surface area (Å²) < 4.78 is 15.3. The fraction of sp³-hybridized carbons (Fsp3) is 0.250. The molecular weight excluding hydrogens is 385 g/mol. The summed E-state index contributed by atoms with van der Waals surface area (Å²) >= 11 is 6.63. The molecule has 1 unspecified atom stereocenters. The molecule has 20 heavy (non-hydrogen) atoms. The van der Waals surface area contributed by atoms with Gasteiger partial charge in [-0.1, -0.05) is 41.1 Å². The van der Waals surface area contributed by atoms with Gasteiger partial charge in [0.25, 0.3) is 0 Å². The first-order valence-electron chi connectivity index (χ1n) is 6.53. The van der Waals surface area contributed by atoms with Gasteiger partial charge in [0.2, 0.25) is 0 Å². The smallest absolute Gasteiger partial charge is 0.137 e. The van der Waals surface area contributed by atoms with Gasteiger partial charge in [0, 0.05) is 10.5 Å². The van der Waals surface area contributed by atoms with Crippen molar-refractivity contribution in [3.63, 3.8) is 0 Å². The zero-order chi connectivity index (χ0) is 14.5. The zero-order valence-electron chi connectivity index (χ0n) is 11.2. The van der Waals surface area contributed by atoms with Crippen LogP contribution in [0.15, 0.2) is 51.4 Å². The fourth-order valence-electron chi connectivity index (χ4n) is 2.14. The van der Waals surface area contributed by atoms with Crippen molar-refractivity contribution >= 4 is 31.9 Å². The SMILES string of the molecule is CCNC(Cc1ccc(Br)cc1)c1ccc(Br)c(F)c1. The number of hydrogen-bond donors (Lipinski definition) is 1. The monoisotopic (exact) mass is 399 g/mol. The lowest BCUT2D eigenvalue weighted by Crippen LogP contribution is -2.23. The van der Waals surface area contributed by atoms with E-state index in [2.05, 4.69) is 56.2 Å². The summed E-state index contributed by atoms with van der Waals surface area (Å²) in [5, 5.41) is 3.41. The Hall–Kier alpha value is -0.710. The van der Waals surface area contributed by atoms with Gasteiger partial charge in [0.05, 0.1) is 4.47 Å². The minimum atomic E-state index is -0.221. The predicted molar refractivity (Wildman–Crippen MR) is 88.4 cm³/mol. The van der Waals surface area contributed by atoms with E-state index in [-0.39, 0.29) is 11.9 Å². The van der Waals surface area contributed by atoms with Crippen LogP contribution in [0.5, 0.6) is 0 Å². The lowest BCUT2D eigenvalue weighted by molar-refractivity contribution is 0.542. The van der Waals surface area contributed by atoms with Crippen molar-refractivity contribution in [2.45, 2.75) is 19.4 Å². The van der Waals surface area contributed by atoms with E-state index in [1.54, 1.807) is 12.1 Å². The molecule has 0 aliphatic rings. The topological polar surface area (TPSA) is 12.0 Å². The van der Waals surface area contributed by atoms with Gasteiger partial charge >= 0.3 is 0 Å². The standard InChI is InChI=1S/C16H16Br2FN/c1-2-20-16(9-11-3-6-13(17)7-4-11)12-5-8-14(18)15(19)10-12/h3-8,10,16,20H,2,9H2,1H3. The lowest BCUT2D eigenvalue weighted by Gasteiger charge is -2.19. The first-order valence-corrected chi connectivity index (χ1v) is 8.11. The second-order valence-corrected chi connectivity index (χ2v) is 6.38. The van der Waals surface area contributed by atoms with E-state index in [0.717, 1.165) is 23.0 Å². The van der Waals surface area contributed by atoms with Crippen LogP contribution in [0.1, 0.15) is 24.1 Å². The van der Waals surface area contributed by atoms with Crippen molar-refractivity contribution in [2.24, 2.45) is 0 Å². The summed E-state index contributed by atoms with van der Waals surface area (Å²) in [6, 6.07) is 13.7. The van der Waals surface area contributed by atoms with Crippen LogP contribution in [0.2, 0.25) is 0 Å². The van der Waals surface area contributed by atoms with E-state index in [0.29, 0.717) is 4.47 Å². The van der Waals surface area contributed by atoms with Gasteiger partial charge in [-0.3, -0.25) is 0 Å². The van der Waals surface area contributed by atoms with Crippen LogP contribution in [-0.2, 0) is 6.42 Å². The minimum absolute atomic E-state index is 0.115. The number of benzene rings is 2. The first-order chi connectivity index (χ1) is 9.60. The molecule has 1 atom stereocenters. The molecule has 1 N–H and O–H groups in total. The van der Waals surface area contributed by atoms with Crippen LogP contribution in [0.3, 0.4) is 0 Å². The molecule has 0 radical (unpaired) electrons. The third-order valence-corrected chi connectivity index (χ3v) is 4.32. The molecule has 0 spiro atoms. The average molecular weight is 401 g/mol. The Balaban J connectivity index is 2.21. The maximum Gasteiger partial charge on any atom is 0.137 e. The molecule has 0 fully saturated rings. The molecule has 0 aliphatic heterocycles. The Bertz CT molecular complexity index is 569. The number of nitrogens with one attached hydrogen (secondary N) is 1. The molecule has 0 heterocycles. The van der Waals surface area contributed by atoms with Gasteiger partial charge in [-0.25, -0.2) is 4.39 Å². The Labute approximate surface area is 135 Å². The normalized spacial score (nSPS) is 12.4. The lowest BCUT2D eigenvalue weighted by atomic mass is 9.99. The van der Waals surface area contributed by atoms with Gasteiger partial charge in [0.15, 0.2) is 0 Å². The highest BCUT2D eigenvalue weighted by molar-refractivity contribution is 9.10. The van der Waals surface area contributed by atoms with E-state index in [4.69, 9.17) is 0 Å². The Morgan fingerprint density at radius 2 is 1.80 bits per heavy atom. The molecule has 2 rings (SSSR count). The largest absolute Gasteiger partial charge is 0.310 e. The van der Waals surface area contributed by atoms with Crippen LogP contribution >= 0.6 is 31.9 Å². The summed E-state index contributed by atoms with van der Waals surface area (Å²) in [4.78, 5) is 0.